The summed E-state index contributed by atoms with van der Waals surface area (Å²) in [4.78, 5) is 0. The molecule has 3 N–H and O–H groups in total. The van der Waals surface area contributed by atoms with Crippen LogP contribution in [-0.4, -0.2) is 20.4 Å². The summed E-state index contributed by atoms with van der Waals surface area (Å²) in [6, 6.07) is 6.83. The first-order chi connectivity index (χ1) is 6.81. The molecule has 0 aliphatic heterocycles. The van der Waals surface area contributed by atoms with Crippen LogP contribution >= 0.6 is 0 Å². The molecule has 1 aromatic carbocycles. The van der Waals surface area contributed by atoms with Crippen molar-refractivity contribution in [2.24, 2.45) is 0 Å². The quantitative estimate of drug-likeness (QED) is 0.668. The maximum atomic E-state index is 9.28. The molecule has 0 radical (unpaired) electrons. The Kier molecular flexibility index (Phi) is 2.20. The zero-order chi connectivity index (χ0) is 9.97. The number of phenolic OH excluding ortho intramolecular Hbond substituents is 1. The normalized spacial score (nSPS) is 10.4. The van der Waals surface area contributed by atoms with E-state index in [1.807, 2.05) is 6.07 Å². The Labute approximate surface area is 80.8 Å². The van der Waals surface area contributed by atoms with Gasteiger partial charge in [-0.15, -0.1) is 0 Å². The average Bonchev–Trinajstić information content (AvgIpc) is 2.65. The van der Waals surface area contributed by atoms with E-state index < -0.39 is 0 Å². The zero-order valence-corrected chi connectivity index (χ0v) is 7.44. The molecule has 2 aromatic rings. The number of nitrogens with zero attached hydrogens (tertiary/aromatic N) is 1. The van der Waals surface area contributed by atoms with Crippen LogP contribution in [-0.2, 0) is 6.61 Å². The molecule has 0 bridgehead atoms. The van der Waals surface area contributed by atoms with Crippen LogP contribution in [0.5, 0.6) is 5.75 Å². The monoisotopic (exact) mass is 190 g/mol. The number of aliphatic hydroxyl groups is 1. The van der Waals surface area contributed by atoms with Crippen molar-refractivity contribution in [3.05, 3.63) is 36.2 Å². The number of hydrogen-bond donors (Lipinski definition) is 3. The van der Waals surface area contributed by atoms with E-state index in [0.717, 1.165) is 11.1 Å². The lowest BCUT2D eigenvalue weighted by molar-refractivity contribution is 0.277. The van der Waals surface area contributed by atoms with Crippen LogP contribution in [0.4, 0.5) is 0 Å². The average molecular weight is 190 g/mol. The number of benzene rings is 1. The summed E-state index contributed by atoms with van der Waals surface area (Å²) < 4.78 is 0. The van der Waals surface area contributed by atoms with Gasteiger partial charge < -0.3 is 10.2 Å². The summed E-state index contributed by atoms with van der Waals surface area (Å²) in [6.07, 6.45) is 1.63. The van der Waals surface area contributed by atoms with Crippen molar-refractivity contribution in [3.8, 4) is 16.9 Å². The van der Waals surface area contributed by atoms with Crippen LogP contribution in [0.3, 0.4) is 0 Å². The first kappa shape index (κ1) is 8.77. The number of aromatic nitrogens is 2. The Morgan fingerprint density at radius 2 is 2.21 bits per heavy atom. The maximum Gasteiger partial charge on any atom is 0.116 e. The number of hydrogen-bond acceptors (Lipinski definition) is 3. The minimum atomic E-state index is -0.0923. The first-order valence-corrected chi connectivity index (χ1v) is 4.24. The molecular formula is C10H10N2O2. The van der Waals surface area contributed by atoms with Crippen LogP contribution in [0.25, 0.3) is 11.1 Å². The molecule has 0 saturated heterocycles. The minimum Gasteiger partial charge on any atom is -0.508 e. The summed E-state index contributed by atoms with van der Waals surface area (Å²) in [5.74, 6) is 0.201. The van der Waals surface area contributed by atoms with Gasteiger partial charge in [0.05, 0.1) is 18.5 Å². The highest BCUT2D eigenvalue weighted by Gasteiger charge is 2.06. The highest BCUT2D eigenvalue weighted by molar-refractivity contribution is 5.66. The van der Waals surface area contributed by atoms with Crippen molar-refractivity contribution >= 4 is 0 Å². The summed E-state index contributed by atoms with van der Waals surface area (Å²) in [7, 11) is 0. The van der Waals surface area contributed by atoms with Gasteiger partial charge in [0.25, 0.3) is 0 Å². The summed E-state index contributed by atoms with van der Waals surface area (Å²) in [6.45, 7) is -0.0923. The molecule has 0 saturated carbocycles. The molecule has 2 rings (SSSR count). The third-order valence-electron chi connectivity index (χ3n) is 2.03. The second-order valence-electron chi connectivity index (χ2n) is 2.97. The molecule has 0 spiro atoms. The number of nitrogens with one attached hydrogen (secondary N) is 1. The molecule has 1 aromatic heterocycles. The molecule has 4 heteroatoms. The number of rotatable bonds is 2. The molecule has 0 aliphatic carbocycles. The number of aromatic hydroxyl groups is 1. The van der Waals surface area contributed by atoms with E-state index in [-0.39, 0.29) is 12.4 Å². The third kappa shape index (κ3) is 1.47. The van der Waals surface area contributed by atoms with E-state index in [1.165, 1.54) is 0 Å². The van der Waals surface area contributed by atoms with E-state index in [0.29, 0.717) is 5.69 Å². The van der Waals surface area contributed by atoms with Crippen LogP contribution in [0.15, 0.2) is 30.5 Å². The summed E-state index contributed by atoms with van der Waals surface area (Å²) >= 11 is 0. The van der Waals surface area contributed by atoms with E-state index in [2.05, 4.69) is 10.2 Å². The Balaban J connectivity index is 2.49. The van der Waals surface area contributed by atoms with Crippen LogP contribution < -0.4 is 0 Å². The van der Waals surface area contributed by atoms with Gasteiger partial charge in [-0.3, -0.25) is 5.10 Å². The highest BCUT2D eigenvalue weighted by Crippen LogP contribution is 2.24. The standard InChI is InChI=1S/C10H10N2O2/c13-6-10-9(5-11-12-10)7-2-1-3-8(14)4-7/h1-5,13-14H,6H2,(H,11,12). The number of aliphatic hydroxyl groups excluding tert-OH is 1. The van der Waals surface area contributed by atoms with Gasteiger partial charge in [-0.25, -0.2) is 0 Å². The Morgan fingerprint density at radius 3 is 2.93 bits per heavy atom. The van der Waals surface area contributed by atoms with Gasteiger partial charge in [-0.2, -0.15) is 5.10 Å². The fourth-order valence-corrected chi connectivity index (χ4v) is 1.36. The molecular weight excluding hydrogens is 180 g/mol. The van der Waals surface area contributed by atoms with Crippen LogP contribution in [0.2, 0.25) is 0 Å². The predicted molar refractivity (Wildman–Crippen MR) is 51.6 cm³/mol. The topological polar surface area (TPSA) is 69.1 Å². The van der Waals surface area contributed by atoms with Gasteiger partial charge in [-0.05, 0) is 17.7 Å². The van der Waals surface area contributed by atoms with E-state index >= 15 is 0 Å². The second-order valence-corrected chi connectivity index (χ2v) is 2.97. The predicted octanol–water partition coefficient (Wildman–Crippen LogP) is 1.27. The number of H-pyrrole nitrogens is 1. The molecule has 14 heavy (non-hydrogen) atoms. The molecule has 4 nitrogen and oxygen atoms in total. The van der Waals surface area contributed by atoms with Crippen molar-refractivity contribution in [3.63, 3.8) is 0 Å². The smallest absolute Gasteiger partial charge is 0.116 e. The largest absolute Gasteiger partial charge is 0.508 e. The van der Waals surface area contributed by atoms with Gasteiger partial charge >= 0.3 is 0 Å². The molecule has 0 aliphatic rings. The summed E-state index contributed by atoms with van der Waals surface area (Å²) in [5, 5.41) is 24.8. The summed E-state index contributed by atoms with van der Waals surface area (Å²) in [5.41, 5.74) is 2.29. The van der Waals surface area contributed by atoms with Crippen molar-refractivity contribution < 1.29 is 10.2 Å². The van der Waals surface area contributed by atoms with Gasteiger partial charge in [0, 0.05) is 5.56 Å². The van der Waals surface area contributed by atoms with Crippen LogP contribution in [0.1, 0.15) is 5.69 Å². The van der Waals surface area contributed by atoms with E-state index in [4.69, 9.17) is 5.11 Å². The lowest BCUT2D eigenvalue weighted by Gasteiger charge is -2.00. The van der Waals surface area contributed by atoms with Crippen LogP contribution in [0, 0.1) is 0 Å². The Bertz CT molecular complexity index is 437. The Morgan fingerprint density at radius 1 is 1.36 bits per heavy atom. The van der Waals surface area contributed by atoms with Crippen molar-refractivity contribution in [1.29, 1.82) is 0 Å². The Hall–Kier alpha value is -1.81. The fourth-order valence-electron chi connectivity index (χ4n) is 1.36. The molecule has 0 atom stereocenters. The molecule has 0 fully saturated rings. The minimum absolute atomic E-state index is 0.0923. The second kappa shape index (κ2) is 3.51. The molecule has 0 amide bonds. The molecule has 72 valence electrons. The highest BCUT2D eigenvalue weighted by atomic mass is 16.3. The lowest BCUT2D eigenvalue weighted by atomic mass is 10.1. The number of aromatic amines is 1. The first-order valence-electron chi connectivity index (χ1n) is 4.24. The molecule has 1 heterocycles. The van der Waals surface area contributed by atoms with E-state index in [9.17, 15) is 5.11 Å². The SMILES string of the molecule is OCc1[nH]ncc1-c1cccc(O)c1. The van der Waals surface area contributed by atoms with Crippen molar-refractivity contribution in [1.82, 2.24) is 10.2 Å². The number of phenols is 1. The maximum absolute atomic E-state index is 9.28. The lowest BCUT2D eigenvalue weighted by Crippen LogP contribution is -1.86. The van der Waals surface area contributed by atoms with Gasteiger partial charge in [0.1, 0.15) is 5.75 Å². The van der Waals surface area contributed by atoms with Gasteiger partial charge in [-0.1, -0.05) is 12.1 Å². The van der Waals surface area contributed by atoms with Crippen molar-refractivity contribution in [2.45, 2.75) is 6.61 Å². The van der Waals surface area contributed by atoms with Gasteiger partial charge in [0.2, 0.25) is 0 Å². The zero-order valence-electron chi connectivity index (χ0n) is 7.44. The third-order valence-corrected chi connectivity index (χ3v) is 2.03. The van der Waals surface area contributed by atoms with E-state index in [1.54, 1.807) is 24.4 Å². The van der Waals surface area contributed by atoms with Crippen molar-refractivity contribution in [2.75, 3.05) is 0 Å². The fraction of sp³-hybridized carbons (Fsp3) is 0.100. The van der Waals surface area contributed by atoms with Gasteiger partial charge in [0.15, 0.2) is 0 Å². The molecule has 0 unspecified atom stereocenters.